The molecule has 1 aliphatic carbocycles. The maximum Gasteiger partial charge on any atom is 0.211 e. The first kappa shape index (κ1) is 11.8. The normalized spacial score (nSPS) is 20.7. The second-order valence-corrected chi connectivity index (χ2v) is 7.04. The fourth-order valence-electron chi connectivity index (χ4n) is 1.83. The Morgan fingerprint density at radius 1 is 1.62 bits per heavy atom. The second-order valence-electron chi connectivity index (χ2n) is 3.88. The number of aromatic nitrogens is 1. The Morgan fingerprint density at radius 2 is 2.38 bits per heavy atom. The minimum Gasteiger partial charge on any atom is -0.375 e. The zero-order chi connectivity index (χ0) is 11.8. The van der Waals surface area contributed by atoms with Crippen LogP contribution in [0, 0.1) is 0 Å². The number of nitrogens with one attached hydrogen (secondary N) is 1. The van der Waals surface area contributed by atoms with Gasteiger partial charge >= 0.3 is 0 Å². The molecular weight excluding hydrogens is 246 g/mol. The summed E-state index contributed by atoms with van der Waals surface area (Å²) in [5.41, 5.74) is 6.66. The first-order chi connectivity index (χ1) is 7.50. The Morgan fingerprint density at radius 3 is 3.06 bits per heavy atom. The van der Waals surface area contributed by atoms with E-state index in [1.165, 1.54) is 11.3 Å². The van der Waals surface area contributed by atoms with Crippen molar-refractivity contribution in [2.24, 2.45) is 0 Å². The van der Waals surface area contributed by atoms with E-state index in [1.54, 1.807) is 6.92 Å². The molecule has 0 saturated heterocycles. The molecule has 3 N–H and O–H groups in total. The van der Waals surface area contributed by atoms with E-state index in [9.17, 15) is 8.42 Å². The van der Waals surface area contributed by atoms with E-state index in [0.717, 1.165) is 23.4 Å². The maximum absolute atomic E-state index is 11.4. The van der Waals surface area contributed by atoms with Crippen LogP contribution >= 0.6 is 11.3 Å². The molecule has 1 atom stereocenters. The van der Waals surface area contributed by atoms with Gasteiger partial charge in [-0.1, -0.05) is 0 Å². The first-order valence-corrected chi connectivity index (χ1v) is 7.71. The number of rotatable bonds is 3. The Balaban J connectivity index is 2.08. The summed E-state index contributed by atoms with van der Waals surface area (Å²) in [5, 5.41) is 0.573. The molecule has 1 unspecified atom stereocenters. The number of fused-ring (bicyclic) bond motifs is 1. The van der Waals surface area contributed by atoms with Gasteiger partial charge in [0, 0.05) is 17.3 Å². The molecule has 1 aromatic rings. The Labute approximate surface area is 99.1 Å². The number of thiazole rings is 1. The van der Waals surface area contributed by atoms with Crippen LogP contribution in [0.25, 0.3) is 0 Å². The summed E-state index contributed by atoms with van der Waals surface area (Å²) in [6.45, 7) is 1.64. The van der Waals surface area contributed by atoms with Crippen LogP contribution in [-0.2, 0) is 22.9 Å². The van der Waals surface area contributed by atoms with Gasteiger partial charge in [-0.05, 0) is 19.8 Å². The molecule has 0 aromatic carbocycles. The van der Waals surface area contributed by atoms with Crippen molar-refractivity contribution in [3.8, 4) is 0 Å². The highest BCUT2D eigenvalue weighted by atomic mass is 32.2. The van der Waals surface area contributed by atoms with Gasteiger partial charge < -0.3 is 5.73 Å². The zero-order valence-corrected chi connectivity index (χ0v) is 10.7. The van der Waals surface area contributed by atoms with Gasteiger partial charge in [0.15, 0.2) is 5.13 Å². The predicted molar refractivity (Wildman–Crippen MR) is 64.9 cm³/mol. The van der Waals surface area contributed by atoms with Crippen molar-refractivity contribution < 1.29 is 8.42 Å². The largest absolute Gasteiger partial charge is 0.375 e. The lowest BCUT2D eigenvalue weighted by Gasteiger charge is -2.21. The SMILES string of the molecule is CCS(=O)(=O)NC1CCc2nc(N)sc2C1. The molecule has 0 bridgehead atoms. The van der Waals surface area contributed by atoms with Crippen LogP contribution in [0.4, 0.5) is 5.13 Å². The van der Waals surface area contributed by atoms with E-state index in [1.807, 2.05) is 0 Å². The minimum absolute atomic E-state index is 0.00250. The Bertz CT molecular complexity index is 481. The first-order valence-electron chi connectivity index (χ1n) is 5.24. The average molecular weight is 261 g/mol. The lowest BCUT2D eigenvalue weighted by molar-refractivity contribution is 0.508. The molecular formula is C9H15N3O2S2. The quantitative estimate of drug-likeness (QED) is 0.831. The minimum atomic E-state index is -3.11. The molecule has 0 radical (unpaired) electrons. The third-order valence-electron chi connectivity index (χ3n) is 2.68. The van der Waals surface area contributed by atoms with E-state index in [0.29, 0.717) is 11.6 Å². The topological polar surface area (TPSA) is 85.1 Å². The number of nitrogens with zero attached hydrogens (tertiary/aromatic N) is 1. The molecule has 1 heterocycles. The summed E-state index contributed by atoms with van der Waals surface area (Å²) >= 11 is 1.46. The second kappa shape index (κ2) is 4.31. The van der Waals surface area contributed by atoms with Gasteiger partial charge in [-0.15, -0.1) is 11.3 Å². The van der Waals surface area contributed by atoms with Gasteiger partial charge in [-0.25, -0.2) is 18.1 Å². The number of nitrogen functional groups attached to an aromatic ring is 1. The van der Waals surface area contributed by atoms with Gasteiger partial charge in [0.25, 0.3) is 0 Å². The van der Waals surface area contributed by atoms with Crippen molar-refractivity contribution in [2.45, 2.75) is 32.2 Å². The summed E-state index contributed by atoms with van der Waals surface area (Å²) in [7, 11) is -3.11. The molecule has 5 nitrogen and oxygen atoms in total. The van der Waals surface area contributed by atoms with E-state index in [-0.39, 0.29) is 11.8 Å². The zero-order valence-electron chi connectivity index (χ0n) is 9.06. The number of nitrogens with two attached hydrogens (primary N) is 1. The highest BCUT2D eigenvalue weighted by Gasteiger charge is 2.24. The van der Waals surface area contributed by atoms with Crippen LogP contribution in [0.2, 0.25) is 0 Å². The molecule has 2 rings (SSSR count). The molecule has 90 valence electrons. The van der Waals surface area contributed by atoms with E-state index < -0.39 is 10.0 Å². The van der Waals surface area contributed by atoms with Crippen LogP contribution in [-0.4, -0.2) is 25.2 Å². The molecule has 7 heteroatoms. The van der Waals surface area contributed by atoms with E-state index in [4.69, 9.17) is 5.73 Å². The summed E-state index contributed by atoms with van der Waals surface area (Å²) in [4.78, 5) is 5.34. The van der Waals surface area contributed by atoms with Crippen molar-refractivity contribution in [3.05, 3.63) is 10.6 Å². The highest BCUT2D eigenvalue weighted by Crippen LogP contribution is 2.28. The van der Waals surface area contributed by atoms with Crippen LogP contribution in [0.15, 0.2) is 0 Å². The van der Waals surface area contributed by atoms with Gasteiger partial charge in [0.1, 0.15) is 0 Å². The molecule has 1 aromatic heterocycles. The smallest absolute Gasteiger partial charge is 0.211 e. The van der Waals surface area contributed by atoms with E-state index >= 15 is 0 Å². The van der Waals surface area contributed by atoms with Crippen molar-refractivity contribution >= 4 is 26.5 Å². The Hall–Kier alpha value is -0.660. The fourth-order valence-corrected chi connectivity index (χ4v) is 3.67. The average Bonchev–Trinajstić information content (AvgIpc) is 2.57. The Kier molecular flexibility index (Phi) is 3.18. The molecule has 0 saturated carbocycles. The molecule has 0 spiro atoms. The molecule has 16 heavy (non-hydrogen) atoms. The van der Waals surface area contributed by atoms with Crippen molar-refractivity contribution in [3.63, 3.8) is 0 Å². The summed E-state index contributed by atoms with van der Waals surface area (Å²) in [6, 6.07) is -0.00250. The molecule has 0 fully saturated rings. The van der Waals surface area contributed by atoms with Crippen LogP contribution < -0.4 is 10.5 Å². The highest BCUT2D eigenvalue weighted by molar-refractivity contribution is 7.89. The van der Waals surface area contributed by atoms with Crippen LogP contribution in [0.3, 0.4) is 0 Å². The lowest BCUT2D eigenvalue weighted by atomic mass is 9.99. The standard InChI is InChI=1S/C9H15N3O2S2/c1-2-16(13,14)12-6-3-4-7-8(5-6)15-9(10)11-7/h6,12H,2-5H2,1H3,(H2,10,11). The molecule has 0 amide bonds. The number of hydrogen-bond acceptors (Lipinski definition) is 5. The van der Waals surface area contributed by atoms with Gasteiger partial charge in [0.05, 0.1) is 11.4 Å². The summed E-state index contributed by atoms with van der Waals surface area (Å²) in [5.74, 6) is 0.126. The van der Waals surface area contributed by atoms with E-state index in [2.05, 4.69) is 9.71 Å². The third kappa shape index (κ3) is 2.53. The number of aryl methyl sites for hydroxylation is 1. The van der Waals surface area contributed by atoms with Crippen LogP contribution in [0.1, 0.15) is 23.9 Å². The predicted octanol–water partition coefficient (Wildman–Crippen LogP) is 0.522. The maximum atomic E-state index is 11.4. The van der Waals surface area contributed by atoms with Crippen molar-refractivity contribution in [2.75, 3.05) is 11.5 Å². The molecule has 0 aliphatic heterocycles. The van der Waals surface area contributed by atoms with Gasteiger partial charge in [0.2, 0.25) is 10.0 Å². The van der Waals surface area contributed by atoms with Gasteiger partial charge in [-0.2, -0.15) is 0 Å². The summed E-state index contributed by atoms with van der Waals surface area (Å²) < 4.78 is 25.6. The fraction of sp³-hybridized carbons (Fsp3) is 0.667. The van der Waals surface area contributed by atoms with Crippen molar-refractivity contribution in [1.82, 2.24) is 9.71 Å². The van der Waals surface area contributed by atoms with Gasteiger partial charge in [-0.3, -0.25) is 0 Å². The third-order valence-corrected chi connectivity index (χ3v) is 5.08. The number of hydrogen-bond donors (Lipinski definition) is 2. The number of sulfonamides is 1. The van der Waals surface area contributed by atoms with Crippen LogP contribution in [0.5, 0.6) is 0 Å². The molecule has 1 aliphatic rings. The summed E-state index contributed by atoms with van der Waals surface area (Å²) in [6.07, 6.45) is 2.32. The lowest BCUT2D eigenvalue weighted by Crippen LogP contribution is -2.39. The number of anilines is 1. The van der Waals surface area contributed by atoms with Crippen molar-refractivity contribution in [1.29, 1.82) is 0 Å². The monoisotopic (exact) mass is 261 g/mol.